The number of hydrogen-bond donors (Lipinski definition) is 1. The summed E-state index contributed by atoms with van der Waals surface area (Å²) in [6, 6.07) is 10.6. The lowest BCUT2D eigenvalue weighted by molar-refractivity contribution is 0.411. The normalized spacial score (nSPS) is 13.9. The Hall–Kier alpha value is -1.94. The molecule has 2 aromatic rings. The summed E-state index contributed by atoms with van der Waals surface area (Å²) >= 11 is 0. The van der Waals surface area contributed by atoms with Gasteiger partial charge in [0.25, 0.3) is 0 Å². The number of methoxy groups -OCH3 is 1. The van der Waals surface area contributed by atoms with Crippen molar-refractivity contribution >= 4 is 0 Å². The fourth-order valence-electron chi connectivity index (χ4n) is 2.08. The first-order valence-corrected chi connectivity index (χ1v) is 5.84. The maximum atomic E-state index is 13.9. The minimum atomic E-state index is -1.27. The van der Waals surface area contributed by atoms with Gasteiger partial charge in [0, 0.05) is 5.56 Å². The molecule has 2 aromatic carbocycles. The molecule has 4 heteroatoms. The minimum absolute atomic E-state index is 0.150. The zero-order valence-corrected chi connectivity index (χ0v) is 10.8. The number of ether oxygens (including phenoxy) is 1. The Kier molecular flexibility index (Phi) is 3.53. The van der Waals surface area contributed by atoms with Gasteiger partial charge >= 0.3 is 0 Å². The molecule has 0 saturated heterocycles. The van der Waals surface area contributed by atoms with Crippen LogP contribution in [0.1, 0.15) is 18.1 Å². The van der Waals surface area contributed by atoms with Gasteiger partial charge in [0.05, 0.1) is 12.6 Å². The van der Waals surface area contributed by atoms with E-state index >= 15 is 0 Å². The van der Waals surface area contributed by atoms with Crippen LogP contribution < -0.4 is 10.5 Å². The summed E-state index contributed by atoms with van der Waals surface area (Å²) in [6.07, 6.45) is 0. The van der Waals surface area contributed by atoms with Gasteiger partial charge in [-0.2, -0.15) is 0 Å². The lowest BCUT2D eigenvalue weighted by Crippen LogP contribution is -2.36. The molecule has 2 rings (SSSR count). The third-order valence-electron chi connectivity index (χ3n) is 3.15. The third-order valence-corrected chi connectivity index (χ3v) is 3.15. The highest BCUT2D eigenvalue weighted by atomic mass is 19.1. The smallest absolute Gasteiger partial charge is 0.131 e. The largest absolute Gasteiger partial charge is 0.497 e. The Morgan fingerprint density at radius 2 is 1.63 bits per heavy atom. The molecule has 0 aliphatic carbocycles. The van der Waals surface area contributed by atoms with E-state index in [9.17, 15) is 8.78 Å². The quantitative estimate of drug-likeness (QED) is 0.923. The molecule has 1 unspecified atom stereocenters. The van der Waals surface area contributed by atoms with Crippen LogP contribution in [0.2, 0.25) is 0 Å². The summed E-state index contributed by atoms with van der Waals surface area (Å²) in [5.74, 6) is -0.730. The van der Waals surface area contributed by atoms with Crippen LogP contribution in [-0.4, -0.2) is 7.11 Å². The zero-order valence-electron chi connectivity index (χ0n) is 10.8. The molecule has 0 aliphatic rings. The first kappa shape index (κ1) is 13.5. The Bertz CT molecular complexity index is 576. The Labute approximate surface area is 110 Å². The Morgan fingerprint density at radius 3 is 2.21 bits per heavy atom. The van der Waals surface area contributed by atoms with Gasteiger partial charge in [-0.25, -0.2) is 8.78 Å². The van der Waals surface area contributed by atoms with E-state index in [0.29, 0.717) is 11.3 Å². The number of hydrogen-bond acceptors (Lipinski definition) is 2. The van der Waals surface area contributed by atoms with E-state index in [4.69, 9.17) is 10.5 Å². The molecule has 2 nitrogen and oxygen atoms in total. The van der Waals surface area contributed by atoms with Crippen molar-refractivity contribution in [2.24, 2.45) is 5.73 Å². The van der Waals surface area contributed by atoms with Crippen molar-refractivity contribution in [3.8, 4) is 5.75 Å². The first-order chi connectivity index (χ1) is 8.96. The molecule has 0 aliphatic heterocycles. The highest BCUT2D eigenvalue weighted by Gasteiger charge is 2.30. The van der Waals surface area contributed by atoms with Crippen LogP contribution in [0.5, 0.6) is 5.75 Å². The third kappa shape index (κ3) is 2.44. The van der Waals surface area contributed by atoms with E-state index in [0.717, 1.165) is 0 Å². The SMILES string of the molecule is COc1cccc(C(C)(N)c2c(F)cccc2F)c1. The van der Waals surface area contributed by atoms with Gasteiger partial charge < -0.3 is 10.5 Å². The summed E-state index contributed by atoms with van der Waals surface area (Å²) < 4.78 is 32.8. The fraction of sp³-hybridized carbons (Fsp3) is 0.200. The van der Waals surface area contributed by atoms with Gasteiger partial charge in [-0.05, 0) is 36.8 Å². The lowest BCUT2D eigenvalue weighted by Gasteiger charge is -2.27. The van der Waals surface area contributed by atoms with Crippen LogP contribution in [0.3, 0.4) is 0 Å². The van der Waals surface area contributed by atoms with Gasteiger partial charge in [0.1, 0.15) is 17.4 Å². The number of rotatable bonds is 3. The molecular formula is C15H15F2NO. The average molecular weight is 263 g/mol. The van der Waals surface area contributed by atoms with Crippen molar-refractivity contribution < 1.29 is 13.5 Å². The summed E-state index contributed by atoms with van der Waals surface area (Å²) in [7, 11) is 1.52. The van der Waals surface area contributed by atoms with Crippen LogP contribution in [0, 0.1) is 11.6 Å². The monoisotopic (exact) mass is 263 g/mol. The van der Waals surface area contributed by atoms with Crippen LogP contribution >= 0.6 is 0 Å². The second kappa shape index (κ2) is 4.97. The van der Waals surface area contributed by atoms with Gasteiger partial charge in [0.2, 0.25) is 0 Å². The predicted molar refractivity (Wildman–Crippen MR) is 70.0 cm³/mol. The number of benzene rings is 2. The zero-order chi connectivity index (χ0) is 14.0. The van der Waals surface area contributed by atoms with Crippen LogP contribution in [0.15, 0.2) is 42.5 Å². The highest BCUT2D eigenvalue weighted by molar-refractivity contribution is 5.41. The van der Waals surface area contributed by atoms with E-state index in [1.807, 2.05) is 0 Å². The van der Waals surface area contributed by atoms with E-state index in [1.54, 1.807) is 31.2 Å². The summed E-state index contributed by atoms with van der Waals surface area (Å²) in [4.78, 5) is 0. The van der Waals surface area contributed by atoms with Crippen molar-refractivity contribution in [1.82, 2.24) is 0 Å². The molecule has 0 heterocycles. The van der Waals surface area contributed by atoms with Gasteiger partial charge in [-0.15, -0.1) is 0 Å². The molecule has 0 fully saturated rings. The fourth-order valence-corrected chi connectivity index (χ4v) is 2.08. The molecule has 1 atom stereocenters. The standard InChI is InChI=1S/C15H15F2NO/c1-15(18,10-5-3-6-11(9-10)19-2)14-12(16)7-4-8-13(14)17/h3-9H,18H2,1-2H3. The van der Waals surface area contributed by atoms with Crippen molar-refractivity contribution in [3.05, 3.63) is 65.2 Å². The summed E-state index contributed by atoms with van der Waals surface area (Å²) in [6.45, 7) is 1.57. The molecular weight excluding hydrogens is 248 g/mol. The topological polar surface area (TPSA) is 35.2 Å². The van der Waals surface area contributed by atoms with Crippen LogP contribution in [0.4, 0.5) is 8.78 Å². The van der Waals surface area contributed by atoms with Gasteiger partial charge in [-0.1, -0.05) is 18.2 Å². The molecule has 2 N–H and O–H groups in total. The maximum Gasteiger partial charge on any atom is 0.131 e. The average Bonchev–Trinajstić information content (AvgIpc) is 2.38. The number of nitrogens with two attached hydrogens (primary N) is 1. The Balaban J connectivity index is 2.58. The maximum absolute atomic E-state index is 13.9. The second-order valence-electron chi connectivity index (χ2n) is 4.53. The molecule has 0 aromatic heterocycles. The Morgan fingerprint density at radius 1 is 1.05 bits per heavy atom. The van der Waals surface area contributed by atoms with E-state index in [1.165, 1.54) is 25.3 Å². The molecule has 0 amide bonds. The van der Waals surface area contributed by atoms with Crippen molar-refractivity contribution in [1.29, 1.82) is 0 Å². The molecule has 0 radical (unpaired) electrons. The first-order valence-electron chi connectivity index (χ1n) is 5.84. The molecule has 100 valence electrons. The highest BCUT2D eigenvalue weighted by Crippen LogP contribution is 2.32. The van der Waals surface area contributed by atoms with Crippen molar-refractivity contribution in [2.45, 2.75) is 12.5 Å². The lowest BCUT2D eigenvalue weighted by atomic mass is 9.85. The number of halogens is 2. The minimum Gasteiger partial charge on any atom is -0.497 e. The predicted octanol–water partition coefficient (Wildman–Crippen LogP) is 3.20. The molecule has 19 heavy (non-hydrogen) atoms. The second-order valence-corrected chi connectivity index (χ2v) is 4.53. The molecule has 0 saturated carbocycles. The van der Waals surface area contributed by atoms with E-state index in [2.05, 4.69) is 0 Å². The van der Waals surface area contributed by atoms with E-state index < -0.39 is 17.2 Å². The van der Waals surface area contributed by atoms with Gasteiger partial charge in [-0.3, -0.25) is 0 Å². The van der Waals surface area contributed by atoms with Crippen molar-refractivity contribution in [3.63, 3.8) is 0 Å². The van der Waals surface area contributed by atoms with Crippen LogP contribution in [0.25, 0.3) is 0 Å². The molecule has 0 spiro atoms. The van der Waals surface area contributed by atoms with Crippen molar-refractivity contribution in [2.75, 3.05) is 7.11 Å². The van der Waals surface area contributed by atoms with Crippen LogP contribution in [-0.2, 0) is 5.54 Å². The summed E-state index contributed by atoms with van der Waals surface area (Å²) in [5, 5.41) is 0. The van der Waals surface area contributed by atoms with E-state index in [-0.39, 0.29) is 5.56 Å². The van der Waals surface area contributed by atoms with Gasteiger partial charge in [0.15, 0.2) is 0 Å². The summed E-state index contributed by atoms with van der Waals surface area (Å²) in [5.41, 5.74) is 5.30. The molecule has 0 bridgehead atoms.